The monoisotopic (exact) mass is 256 g/mol. The molecule has 1 atom stereocenters. The van der Waals surface area contributed by atoms with E-state index in [2.05, 4.69) is 31.2 Å². The summed E-state index contributed by atoms with van der Waals surface area (Å²) in [5.41, 5.74) is 1.35. The van der Waals surface area contributed by atoms with E-state index in [1.54, 1.807) is 0 Å². The van der Waals surface area contributed by atoms with Gasteiger partial charge in [0.15, 0.2) is 0 Å². The second kappa shape index (κ2) is 7.20. The van der Waals surface area contributed by atoms with E-state index in [4.69, 9.17) is 24.8 Å². The molecule has 0 aliphatic carbocycles. The Labute approximate surface area is 106 Å². The van der Waals surface area contributed by atoms with Gasteiger partial charge in [-0.25, -0.2) is 0 Å². The molecule has 0 nitrogen and oxygen atoms in total. The highest BCUT2D eigenvalue weighted by Gasteiger charge is 2.16. The average Bonchev–Trinajstić information content (AvgIpc) is 2.25. The molecule has 0 heterocycles. The zero-order valence-corrected chi connectivity index (χ0v) is 11.4. The Kier molecular flexibility index (Phi) is 6.22. The Bertz CT molecular complexity index is 295. The van der Waals surface area contributed by atoms with Crippen LogP contribution in [0, 0.1) is 0 Å². The summed E-state index contributed by atoms with van der Waals surface area (Å²) in [5.74, 6) is 2.19. The topological polar surface area (TPSA) is 0 Å². The van der Waals surface area contributed by atoms with Gasteiger partial charge in [-0.1, -0.05) is 43.7 Å². The van der Waals surface area contributed by atoms with E-state index in [1.165, 1.54) is 18.4 Å². The standard InChI is InChI=1S/C12H16S3/c1-2-3-9-15(12(13)14)10-11-7-5-4-6-8-11/h4-8H,2-3,9-10H2,1H3. The molecule has 0 fully saturated rings. The van der Waals surface area contributed by atoms with E-state index < -0.39 is 0 Å². The first kappa shape index (κ1) is 12.9. The maximum Gasteiger partial charge on any atom is 0.137 e. The van der Waals surface area contributed by atoms with Crippen LogP contribution < -0.4 is 0 Å². The number of rotatable bonds is 5. The van der Waals surface area contributed by atoms with Crippen LogP contribution >= 0.6 is 12.2 Å². The lowest BCUT2D eigenvalue weighted by molar-refractivity contribution is 0.894. The Morgan fingerprint density at radius 1 is 1.33 bits per heavy atom. The van der Waals surface area contributed by atoms with Crippen LogP contribution in [0.1, 0.15) is 25.3 Å². The largest absolute Gasteiger partial charge is 0.377 e. The molecule has 0 bridgehead atoms. The van der Waals surface area contributed by atoms with E-state index in [0.29, 0.717) is 0 Å². The summed E-state index contributed by atoms with van der Waals surface area (Å²) in [4.78, 5) is 0. The molecule has 3 heteroatoms. The van der Waals surface area contributed by atoms with Crippen molar-refractivity contribution >= 4 is 39.3 Å². The maximum atomic E-state index is 5.16. The van der Waals surface area contributed by atoms with Crippen molar-refractivity contribution in [3.8, 4) is 0 Å². The molecule has 0 amide bonds. The van der Waals surface area contributed by atoms with Gasteiger partial charge in [0.25, 0.3) is 0 Å². The molecule has 0 spiro atoms. The first-order valence-corrected chi connectivity index (χ1v) is 7.54. The van der Waals surface area contributed by atoms with Crippen LogP contribution in [0.5, 0.6) is 0 Å². The van der Waals surface area contributed by atoms with Gasteiger partial charge in [-0.2, -0.15) is 0 Å². The highest BCUT2D eigenvalue weighted by molar-refractivity contribution is 8.34. The van der Waals surface area contributed by atoms with Crippen molar-refractivity contribution in [2.45, 2.75) is 25.5 Å². The smallest absolute Gasteiger partial charge is 0.137 e. The molecule has 0 radical (unpaired) electrons. The number of thiocarbonyl (C=S) groups is 1. The van der Waals surface area contributed by atoms with Gasteiger partial charge >= 0.3 is 0 Å². The van der Waals surface area contributed by atoms with Gasteiger partial charge < -0.3 is 24.8 Å². The third kappa shape index (κ3) is 4.96. The van der Waals surface area contributed by atoms with Crippen LogP contribution in [0.4, 0.5) is 0 Å². The fourth-order valence-corrected chi connectivity index (χ4v) is 3.82. The predicted octanol–water partition coefficient (Wildman–Crippen LogP) is 3.44. The zero-order valence-electron chi connectivity index (χ0n) is 8.94. The number of hydrogen-bond donors (Lipinski definition) is 0. The molecule has 0 aliphatic rings. The first-order chi connectivity index (χ1) is 7.24. The molecule has 82 valence electrons. The molecule has 1 aromatic carbocycles. The number of hydrogen-bond acceptors (Lipinski definition) is 2. The lowest BCUT2D eigenvalue weighted by Gasteiger charge is -2.10. The average molecular weight is 256 g/mol. The molecule has 1 unspecified atom stereocenters. The van der Waals surface area contributed by atoms with Crippen LogP contribution in [0.25, 0.3) is 0 Å². The fourth-order valence-electron chi connectivity index (χ4n) is 1.31. The number of unbranched alkanes of at least 4 members (excludes halogenated alkanes) is 1. The van der Waals surface area contributed by atoms with Crippen LogP contribution in [-0.2, 0) is 29.3 Å². The zero-order chi connectivity index (χ0) is 11.1. The Morgan fingerprint density at radius 2 is 2.00 bits per heavy atom. The van der Waals surface area contributed by atoms with E-state index in [9.17, 15) is 0 Å². The summed E-state index contributed by atoms with van der Waals surface area (Å²) >= 11 is 10.3. The highest BCUT2D eigenvalue weighted by atomic mass is 32.3. The Morgan fingerprint density at radius 3 is 2.53 bits per heavy atom. The van der Waals surface area contributed by atoms with E-state index in [0.717, 1.165) is 15.0 Å². The van der Waals surface area contributed by atoms with Crippen molar-refractivity contribution in [2.75, 3.05) is 5.75 Å². The highest BCUT2D eigenvalue weighted by Crippen LogP contribution is 2.12. The lowest BCUT2D eigenvalue weighted by atomic mass is 10.2. The van der Waals surface area contributed by atoms with Crippen molar-refractivity contribution in [1.82, 2.24) is 0 Å². The molecule has 1 aromatic rings. The van der Waals surface area contributed by atoms with E-state index >= 15 is 0 Å². The van der Waals surface area contributed by atoms with Crippen molar-refractivity contribution in [3.05, 3.63) is 35.9 Å². The Balaban J connectivity index is 2.55. The van der Waals surface area contributed by atoms with Crippen LogP contribution in [0.15, 0.2) is 30.3 Å². The predicted molar refractivity (Wildman–Crippen MR) is 77.2 cm³/mol. The normalized spacial score (nSPS) is 12.3. The third-order valence-corrected chi connectivity index (χ3v) is 5.51. The summed E-state index contributed by atoms with van der Waals surface area (Å²) in [6.45, 7) is 2.20. The molecular formula is C12H16S3. The van der Waals surface area contributed by atoms with Gasteiger partial charge in [0.05, 0.1) is 3.53 Å². The summed E-state index contributed by atoms with van der Waals surface area (Å²) in [6.07, 6.45) is 2.45. The van der Waals surface area contributed by atoms with Crippen molar-refractivity contribution in [1.29, 1.82) is 0 Å². The SMILES string of the molecule is CCCC[S+](Cc1ccccc1)C(=S)[S-]. The lowest BCUT2D eigenvalue weighted by Crippen LogP contribution is -2.17. The maximum absolute atomic E-state index is 5.16. The minimum absolute atomic E-state index is 0.119. The summed E-state index contributed by atoms with van der Waals surface area (Å²) in [5, 5.41) is 0. The molecule has 1 rings (SSSR count). The molecule has 0 aromatic heterocycles. The molecule has 0 aliphatic heterocycles. The van der Waals surface area contributed by atoms with Gasteiger partial charge in [-0.15, -0.1) is 0 Å². The second-order valence-corrected chi connectivity index (χ2v) is 7.11. The van der Waals surface area contributed by atoms with Crippen molar-refractivity contribution < 1.29 is 0 Å². The summed E-state index contributed by atoms with van der Waals surface area (Å²) in [6, 6.07) is 10.5. The summed E-state index contributed by atoms with van der Waals surface area (Å²) in [7, 11) is 0.119. The quantitative estimate of drug-likeness (QED) is 0.450. The van der Waals surface area contributed by atoms with Gasteiger partial charge in [0.2, 0.25) is 0 Å². The van der Waals surface area contributed by atoms with Gasteiger partial charge in [-0.05, 0) is 6.42 Å². The van der Waals surface area contributed by atoms with Crippen LogP contribution in [0.2, 0.25) is 0 Å². The van der Waals surface area contributed by atoms with E-state index in [-0.39, 0.29) is 10.9 Å². The minimum atomic E-state index is 0.119. The van der Waals surface area contributed by atoms with Gasteiger partial charge in [0, 0.05) is 16.5 Å². The Hall–Kier alpha value is -0.120. The number of benzene rings is 1. The minimum Gasteiger partial charge on any atom is -0.377 e. The first-order valence-electron chi connectivity index (χ1n) is 5.16. The second-order valence-electron chi connectivity index (χ2n) is 3.43. The van der Waals surface area contributed by atoms with Crippen molar-refractivity contribution in [2.24, 2.45) is 0 Å². The molecular weight excluding hydrogens is 240 g/mol. The van der Waals surface area contributed by atoms with E-state index in [1.807, 2.05) is 6.07 Å². The molecule has 15 heavy (non-hydrogen) atoms. The fraction of sp³-hybridized carbons (Fsp3) is 0.417. The van der Waals surface area contributed by atoms with Crippen LogP contribution in [0.3, 0.4) is 0 Å². The van der Waals surface area contributed by atoms with Crippen LogP contribution in [-0.4, -0.2) is 9.28 Å². The third-order valence-electron chi connectivity index (χ3n) is 2.16. The summed E-state index contributed by atoms with van der Waals surface area (Å²) < 4.78 is 0.771. The van der Waals surface area contributed by atoms with Gasteiger partial charge in [-0.3, -0.25) is 0 Å². The molecule has 0 saturated carbocycles. The van der Waals surface area contributed by atoms with Gasteiger partial charge in [0.1, 0.15) is 11.5 Å². The molecule has 0 N–H and O–H groups in total. The van der Waals surface area contributed by atoms with Crippen molar-refractivity contribution in [3.63, 3.8) is 0 Å². The molecule has 0 saturated heterocycles.